The monoisotopic (exact) mass is 401 g/mol. The summed E-state index contributed by atoms with van der Waals surface area (Å²) in [6, 6.07) is 12.4. The fraction of sp³-hybridized carbons (Fsp3) is 0.400. The smallest absolute Gasteiger partial charge is 0.270 e. The molecule has 1 heterocycles. The van der Waals surface area contributed by atoms with Gasteiger partial charge < -0.3 is 4.90 Å². The molecule has 148 valence electrons. The molecule has 0 spiro atoms. The molecule has 7 nitrogen and oxygen atoms in total. The van der Waals surface area contributed by atoms with E-state index in [-0.39, 0.29) is 16.6 Å². The van der Waals surface area contributed by atoms with Crippen LogP contribution in [0, 0.1) is 10.1 Å². The van der Waals surface area contributed by atoms with Crippen LogP contribution in [0.25, 0.3) is 0 Å². The Labute approximate surface area is 164 Å². The van der Waals surface area contributed by atoms with E-state index in [1.165, 1.54) is 27.6 Å². The standard InChI is InChI=1S/C20H23N3O4S/c1-21(18-10-8-15-6-2-3-7-17(15)18)19-11-9-16(23(24)25)14-20(19)28(26,27)22-12-4-5-13-22/h2-3,6-7,9,11,14,18H,4-5,8,10,12-13H2,1H3. The molecular weight excluding hydrogens is 378 g/mol. The summed E-state index contributed by atoms with van der Waals surface area (Å²) >= 11 is 0. The van der Waals surface area contributed by atoms with Crippen LogP contribution in [0.1, 0.15) is 36.4 Å². The Balaban J connectivity index is 1.80. The number of benzene rings is 2. The predicted octanol–water partition coefficient (Wildman–Crippen LogP) is 3.50. The SMILES string of the molecule is CN(c1ccc([N+](=O)[O-])cc1S(=O)(=O)N1CCCC1)C1CCc2ccccc21. The molecule has 0 aromatic heterocycles. The van der Waals surface area contributed by atoms with Gasteiger partial charge in [0.05, 0.1) is 16.7 Å². The molecule has 0 radical (unpaired) electrons. The summed E-state index contributed by atoms with van der Waals surface area (Å²) in [5.41, 5.74) is 2.76. The molecule has 0 N–H and O–H groups in total. The third kappa shape index (κ3) is 3.16. The van der Waals surface area contributed by atoms with Crippen molar-refractivity contribution in [3.63, 3.8) is 0 Å². The number of rotatable bonds is 5. The van der Waals surface area contributed by atoms with Gasteiger partial charge in [0.15, 0.2) is 0 Å². The number of aryl methyl sites for hydroxylation is 1. The van der Waals surface area contributed by atoms with Crippen LogP contribution in [-0.4, -0.2) is 37.8 Å². The first kappa shape index (κ1) is 18.9. The van der Waals surface area contributed by atoms with Gasteiger partial charge in [-0.1, -0.05) is 24.3 Å². The Morgan fingerprint density at radius 1 is 1.14 bits per heavy atom. The number of hydrogen-bond acceptors (Lipinski definition) is 5. The van der Waals surface area contributed by atoms with E-state index >= 15 is 0 Å². The maximum Gasteiger partial charge on any atom is 0.270 e. The van der Waals surface area contributed by atoms with E-state index in [1.54, 1.807) is 6.07 Å². The molecule has 1 aliphatic carbocycles. The summed E-state index contributed by atoms with van der Waals surface area (Å²) in [6.45, 7) is 0.918. The minimum atomic E-state index is -3.79. The minimum absolute atomic E-state index is 0.0236. The maximum atomic E-state index is 13.3. The van der Waals surface area contributed by atoms with E-state index in [0.29, 0.717) is 18.8 Å². The number of nitrogens with zero attached hydrogens (tertiary/aromatic N) is 3. The van der Waals surface area contributed by atoms with Crippen molar-refractivity contribution < 1.29 is 13.3 Å². The van der Waals surface area contributed by atoms with Crippen molar-refractivity contribution in [1.82, 2.24) is 4.31 Å². The molecular formula is C20H23N3O4S. The average molecular weight is 401 g/mol. The summed E-state index contributed by atoms with van der Waals surface area (Å²) in [7, 11) is -1.92. The second kappa shape index (κ2) is 7.18. The topological polar surface area (TPSA) is 83.8 Å². The first-order chi connectivity index (χ1) is 13.4. The van der Waals surface area contributed by atoms with Crippen molar-refractivity contribution >= 4 is 21.4 Å². The zero-order valence-corrected chi connectivity index (χ0v) is 16.6. The highest BCUT2D eigenvalue weighted by molar-refractivity contribution is 7.89. The largest absolute Gasteiger partial charge is 0.366 e. The van der Waals surface area contributed by atoms with Gasteiger partial charge in [-0.05, 0) is 42.9 Å². The second-order valence-electron chi connectivity index (χ2n) is 7.38. The van der Waals surface area contributed by atoms with Crippen LogP contribution in [0.15, 0.2) is 47.4 Å². The molecule has 2 aromatic carbocycles. The van der Waals surface area contributed by atoms with Gasteiger partial charge in [-0.15, -0.1) is 0 Å². The van der Waals surface area contributed by atoms with Crippen LogP contribution in [0.3, 0.4) is 0 Å². The second-order valence-corrected chi connectivity index (χ2v) is 9.29. The van der Waals surface area contributed by atoms with Crippen LogP contribution in [0.5, 0.6) is 0 Å². The summed E-state index contributed by atoms with van der Waals surface area (Å²) in [5, 5.41) is 11.3. The van der Waals surface area contributed by atoms with Gasteiger partial charge in [0.25, 0.3) is 5.69 Å². The van der Waals surface area contributed by atoms with E-state index < -0.39 is 14.9 Å². The molecule has 1 atom stereocenters. The summed E-state index contributed by atoms with van der Waals surface area (Å²) in [5.74, 6) is 0. The van der Waals surface area contributed by atoms with Crippen LogP contribution in [-0.2, 0) is 16.4 Å². The van der Waals surface area contributed by atoms with Crippen molar-refractivity contribution in [2.75, 3.05) is 25.0 Å². The number of non-ortho nitro benzene ring substituents is 1. The molecule has 2 aromatic rings. The Morgan fingerprint density at radius 3 is 2.57 bits per heavy atom. The third-order valence-electron chi connectivity index (χ3n) is 5.79. The van der Waals surface area contributed by atoms with Crippen LogP contribution >= 0.6 is 0 Å². The van der Waals surface area contributed by atoms with Crippen molar-refractivity contribution in [2.24, 2.45) is 0 Å². The number of anilines is 1. The Morgan fingerprint density at radius 2 is 1.86 bits per heavy atom. The number of nitro benzene ring substituents is 1. The van der Waals surface area contributed by atoms with Gasteiger partial charge in [-0.3, -0.25) is 10.1 Å². The normalized spacial score (nSPS) is 19.5. The van der Waals surface area contributed by atoms with Gasteiger partial charge in [0, 0.05) is 32.3 Å². The lowest BCUT2D eigenvalue weighted by molar-refractivity contribution is -0.385. The Bertz CT molecular complexity index is 1020. The molecule has 2 aliphatic rings. The van der Waals surface area contributed by atoms with Crippen LogP contribution < -0.4 is 4.90 Å². The first-order valence-electron chi connectivity index (χ1n) is 9.49. The van der Waals surface area contributed by atoms with Crippen molar-refractivity contribution in [1.29, 1.82) is 0 Å². The lowest BCUT2D eigenvalue weighted by Gasteiger charge is -2.30. The zero-order valence-electron chi connectivity index (χ0n) is 15.7. The maximum absolute atomic E-state index is 13.3. The van der Waals surface area contributed by atoms with Crippen LogP contribution in [0.2, 0.25) is 0 Å². The van der Waals surface area contributed by atoms with E-state index in [2.05, 4.69) is 12.1 Å². The zero-order chi connectivity index (χ0) is 19.9. The van der Waals surface area contributed by atoms with Gasteiger partial charge in [-0.2, -0.15) is 4.31 Å². The molecule has 1 unspecified atom stereocenters. The summed E-state index contributed by atoms with van der Waals surface area (Å²) in [4.78, 5) is 12.7. The predicted molar refractivity (Wildman–Crippen MR) is 107 cm³/mol. The molecule has 4 rings (SSSR count). The van der Waals surface area contributed by atoms with Gasteiger partial charge >= 0.3 is 0 Å². The van der Waals surface area contributed by atoms with Gasteiger partial charge in [0.1, 0.15) is 4.90 Å². The molecule has 0 amide bonds. The minimum Gasteiger partial charge on any atom is -0.366 e. The number of sulfonamides is 1. The molecule has 0 saturated carbocycles. The van der Waals surface area contributed by atoms with Crippen molar-refractivity contribution in [3.05, 3.63) is 63.7 Å². The third-order valence-corrected chi connectivity index (χ3v) is 7.71. The number of nitro groups is 1. The molecule has 0 bridgehead atoms. The fourth-order valence-corrected chi connectivity index (χ4v) is 6.05. The lowest BCUT2D eigenvalue weighted by Crippen LogP contribution is -2.31. The van der Waals surface area contributed by atoms with Crippen molar-refractivity contribution in [2.45, 2.75) is 36.6 Å². The van der Waals surface area contributed by atoms with E-state index in [0.717, 1.165) is 25.7 Å². The summed E-state index contributed by atoms with van der Waals surface area (Å²) in [6.07, 6.45) is 3.45. The van der Waals surface area contributed by atoms with Gasteiger partial charge in [0.2, 0.25) is 10.0 Å². The highest BCUT2D eigenvalue weighted by Gasteiger charge is 2.34. The highest BCUT2D eigenvalue weighted by Crippen LogP contribution is 2.41. The number of hydrogen-bond donors (Lipinski definition) is 0. The quantitative estimate of drug-likeness (QED) is 0.566. The molecule has 1 saturated heterocycles. The fourth-order valence-electron chi connectivity index (χ4n) is 4.29. The lowest BCUT2D eigenvalue weighted by atomic mass is 10.1. The highest BCUT2D eigenvalue weighted by atomic mass is 32.2. The number of fused-ring (bicyclic) bond motifs is 1. The molecule has 1 aliphatic heterocycles. The van der Waals surface area contributed by atoms with Crippen molar-refractivity contribution in [3.8, 4) is 0 Å². The van der Waals surface area contributed by atoms with Crippen LogP contribution in [0.4, 0.5) is 11.4 Å². The first-order valence-corrected chi connectivity index (χ1v) is 10.9. The Kier molecular flexibility index (Phi) is 4.84. The molecule has 1 fully saturated rings. The molecule has 28 heavy (non-hydrogen) atoms. The Hall–Kier alpha value is -2.45. The average Bonchev–Trinajstić information content (AvgIpc) is 3.37. The van der Waals surface area contributed by atoms with E-state index in [9.17, 15) is 18.5 Å². The van der Waals surface area contributed by atoms with E-state index in [1.807, 2.05) is 24.1 Å². The summed E-state index contributed by atoms with van der Waals surface area (Å²) < 4.78 is 28.0. The van der Waals surface area contributed by atoms with Gasteiger partial charge in [-0.25, -0.2) is 8.42 Å². The molecule has 8 heteroatoms. The van der Waals surface area contributed by atoms with E-state index in [4.69, 9.17) is 0 Å².